The normalized spacial score (nSPS) is 10.8. The molecule has 102 valence electrons. The second-order valence-corrected chi connectivity index (χ2v) is 4.24. The second kappa shape index (κ2) is 6.89. The minimum atomic E-state index is -0.179. The van der Waals surface area contributed by atoms with E-state index in [-0.39, 0.29) is 5.97 Å². The number of aryl methyl sites for hydroxylation is 1. The highest BCUT2D eigenvalue weighted by molar-refractivity contribution is 5.75. The van der Waals surface area contributed by atoms with E-state index in [9.17, 15) is 4.79 Å². The van der Waals surface area contributed by atoms with E-state index in [0.717, 1.165) is 24.0 Å². The van der Waals surface area contributed by atoms with Gasteiger partial charge < -0.3 is 14.0 Å². The van der Waals surface area contributed by atoms with Crippen molar-refractivity contribution in [3.63, 3.8) is 0 Å². The summed E-state index contributed by atoms with van der Waals surface area (Å²) >= 11 is 0. The maximum atomic E-state index is 11.4. The van der Waals surface area contributed by atoms with Gasteiger partial charge >= 0.3 is 5.97 Å². The van der Waals surface area contributed by atoms with Gasteiger partial charge in [0.15, 0.2) is 0 Å². The Labute approximate surface area is 112 Å². The molecule has 5 heteroatoms. The van der Waals surface area contributed by atoms with Gasteiger partial charge in [-0.25, -0.2) is 4.98 Å². The number of hydrogen-bond acceptors (Lipinski definition) is 4. The molecule has 0 spiro atoms. The van der Waals surface area contributed by atoms with Crippen LogP contribution in [0.2, 0.25) is 0 Å². The fourth-order valence-electron chi connectivity index (χ4n) is 1.89. The number of rotatable bonds is 7. The molecule has 0 bridgehead atoms. The van der Waals surface area contributed by atoms with Crippen LogP contribution in [0.4, 0.5) is 0 Å². The summed E-state index contributed by atoms with van der Waals surface area (Å²) in [5.74, 6) is -0.179. The Morgan fingerprint density at radius 3 is 3.00 bits per heavy atom. The summed E-state index contributed by atoms with van der Waals surface area (Å²) in [5, 5.41) is 0. The lowest BCUT2D eigenvalue weighted by Gasteiger charge is -2.05. The van der Waals surface area contributed by atoms with Gasteiger partial charge in [0, 0.05) is 20.1 Å². The largest absolute Gasteiger partial charge is 0.463 e. The Balaban J connectivity index is 1.78. The molecule has 0 radical (unpaired) electrons. The number of benzene rings is 1. The molecule has 0 aliphatic carbocycles. The minimum Gasteiger partial charge on any atom is -0.463 e. The van der Waals surface area contributed by atoms with Crippen molar-refractivity contribution in [3.8, 4) is 0 Å². The fraction of sp³-hybridized carbons (Fsp3) is 0.429. The molecule has 1 aromatic heterocycles. The summed E-state index contributed by atoms with van der Waals surface area (Å²) in [6, 6.07) is 7.95. The maximum Gasteiger partial charge on any atom is 0.305 e. The standard InChI is InChI=1S/C14H18N2O3/c1-18-9-10-19-14(17)7-4-8-16-11-15-12-5-2-3-6-13(12)16/h2-3,5-6,11H,4,7-10H2,1H3. The molecular formula is C14H18N2O3. The average molecular weight is 262 g/mol. The van der Waals surface area contributed by atoms with Crippen molar-refractivity contribution in [1.29, 1.82) is 0 Å². The number of ether oxygens (including phenoxy) is 2. The predicted octanol–water partition coefficient (Wildman–Crippen LogP) is 2.01. The van der Waals surface area contributed by atoms with Gasteiger partial charge in [0.25, 0.3) is 0 Å². The molecule has 0 saturated carbocycles. The van der Waals surface area contributed by atoms with Crippen molar-refractivity contribution in [1.82, 2.24) is 9.55 Å². The van der Waals surface area contributed by atoms with Crippen molar-refractivity contribution in [2.45, 2.75) is 19.4 Å². The Morgan fingerprint density at radius 1 is 1.32 bits per heavy atom. The van der Waals surface area contributed by atoms with Gasteiger partial charge in [0.2, 0.25) is 0 Å². The lowest BCUT2D eigenvalue weighted by atomic mass is 10.3. The molecule has 0 amide bonds. The molecule has 0 unspecified atom stereocenters. The maximum absolute atomic E-state index is 11.4. The zero-order valence-corrected chi connectivity index (χ0v) is 11.0. The lowest BCUT2D eigenvalue weighted by Crippen LogP contribution is -2.10. The first-order valence-corrected chi connectivity index (χ1v) is 6.35. The Hall–Kier alpha value is -1.88. The third-order valence-corrected chi connectivity index (χ3v) is 2.86. The van der Waals surface area contributed by atoms with Crippen LogP contribution in [-0.4, -0.2) is 35.8 Å². The summed E-state index contributed by atoms with van der Waals surface area (Å²) in [7, 11) is 1.58. The fourth-order valence-corrected chi connectivity index (χ4v) is 1.89. The first kappa shape index (κ1) is 13.5. The molecule has 0 aliphatic rings. The highest BCUT2D eigenvalue weighted by Gasteiger charge is 2.05. The number of esters is 1. The van der Waals surface area contributed by atoms with Gasteiger partial charge in [-0.2, -0.15) is 0 Å². The van der Waals surface area contributed by atoms with Crippen molar-refractivity contribution >= 4 is 17.0 Å². The predicted molar refractivity (Wildman–Crippen MR) is 71.8 cm³/mol. The zero-order valence-electron chi connectivity index (χ0n) is 11.0. The first-order chi connectivity index (χ1) is 9.31. The summed E-state index contributed by atoms with van der Waals surface area (Å²) < 4.78 is 11.9. The summed E-state index contributed by atoms with van der Waals surface area (Å²) in [6.07, 6.45) is 2.96. The highest BCUT2D eigenvalue weighted by Crippen LogP contribution is 2.12. The van der Waals surface area contributed by atoms with Crippen LogP contribution < -0.4 is 0 Å². The number of aromatic nitrogens is 2. The summed E-state index contributed by atoms with van der Waals surface area (Å²) in [5.41, 5.74) is 2.07. The average Bonchev–Trinajstić information content (AvgIpc) is 2.83. The number of carbonyl (C=O) groups excluding carboxylic acids is 1. The molecule has 0 aliphatic heterocycles. The quantitative estimate of drug-likeness (QED) is 0.566. The second-order valence-electron chi connectivity index (χ2n) is 4.24. The minimum absolute atomic E-state index is 0.179. The molecule has 2 aromatic rings. The van der Waals surface area contributed by atoms with E-state index in [1.807, 2.05) is 24.3 Å². The number of para-hydroxylation sites is 2. The monoisotopic (exact) mass is 262 g/mol. The molecule has 5 nitrogen and oxygen atoms in total. The van der Waals surface area contributed by atoms with Crippen LogP contribution in [0.15, 0.2) is 30.6 Å². The van der Waals surface area contributed by atoms with E-state index in [1.54, 1.807) is 13.4 Å². The molecule has 1 heterocycles. The third-order valence-electron chi connectivity index (χ3n) is 2.86. The third kappa shape index (κ3) is 3.79. The smallest absolute Gasteiger partial charge is 0.305 e. The van der Waals surface area contributed by atoms with E-state index in [2.05, 4.69) is 9.55 Å². The number of methoxy groups -OCH3 is 1. The number of carbonyl (C=O) groups is 1. The molecule has 0 atom stereocenters. The Bertz CT molecular complexity index is 536. The van der Waals surface area contributed by atoms with Crippen LogP contribution in [0.1, 0.15) is 12.8 Å². The SMILES string of the molecule is COCCOC(=O)CCCn1cnc2ccccc21. The molecule has 19 heavy (non-hydrogen) atoms. The van der Waals surface area contributed by atoms with Crippen LogP contribution in [0.5, 0.6) is 0 Å². The van der Waals surface area contributed by atoms with Gasteiger partial charge in [0.05, 0.1) is 24.0 Å². The summed E-state index contributed by atoms with van der Waals surface area (Å²) in [4.78, 5) is 15.7. The summed E-state index contributed by atoms with van der Waals surface area (Å²) in [6.45, 7) is 1.53. The van der Waals surface area contributed by atoms with Crippen LogP contribution >= 0.6 is 0 Å². The van der Waals surface area contributed by atoms with Crippen LogP contribution in [0, 0.1) is 0 Å². The number of nitrogens with zero attached hydrogens (tertiary/aromatic N) is 2. The van der Waals surface area contributed by atoms with Gasteiger partial charge in [-0.05, 0) is 18.6 Å². The lowest BCUT2D eigenvalue weighted by molar-refractivity contribution is -0.145. The topological polar surface area (TPSA) is 53.4 Å². The zero-order chi connectivity index (χ0) is 13.5. The first-order valence-electron chi connectivity index (χ1n) is 6.35. The van der Waals surface area contributed by atoms with Crippen molar-refractivity contribution in [2.75, 3.05) is 20.3 Å². The van der Waals surface area contributed by atoms with Crippen molar-refractivity contribution < 1.29 is 14.3 Å². The molecule has 0 saturated heterocycles. The van der Waals surface area contributed by atoms with E-state index >= 15 is 0 Å². The molecular weight excluding hydrogens is 244 g/mol. The van der Waals surface area contributed by atoms with Crippen molar-refractivity contribution in [2.24, 2.45) is 0 Å². The molecule has 1 aromatic carbocycles. The van der Waals surface area contributed by atoms with Gasteiger partial charge in [0.1, 0.15) is 6.61 Å². The molecule has 0 N–H and O–H groups in total. The van der Waals surface area contributed by atoms with E-state index in [0.29, 0.717) is 19.6 Å². The van der Waals surface area contributed by atoms with Crippen LogP contribution in [-0.2, 0) is 20.8 Å². The van der Waals surface area contributed by atoms with Crippen LogP contribution in [0.3, 0.4) is 0 Å². The molecule has 2 rings (SSSR count). The van der Waals surface area contributed by atoms with Crippen LogP contribution in [0.25, 0.3) is 11.0 Å². The van der Waals surface area contributed by atoms with E-state index in [1.165, 1.54) is 0 Å². The Morgan fingerprint density at radius 2 is 2.16 bits per heavy atom. The number of hydrogen-bond donors (Lipinski definition) is 0. The van der Waals surface area contributed by atoms with Gasteiger partial charge in [-0.15, -0.1) is 0 Å². The number of imidazole rings is 1. The Kier molecular flexibility index (Phi) is 4.92. The number of fused-ring (bicyclic) bond motifs is 1. The van der Waals surface area contributed by atoms with Gasteiger partial charge in [-0.1, -0.05) is 12.1 Å². The molecule has 0 fully saturated rings. The highest BCUT2D eigenvalue weighted by atomic mass is 16.6. The van der Waals surface area contributed by atoms with E-state index < -0.39 is 0 Å². The van der Waals surface area contributed by atoms with Gasteiger partial charge in [-0.3, -0.25) is 4.79 Å². The van der Waals surface area contributed by atoms with Crippen molar-refractivity contribution in [3.05, 3.63) is 30.6 Å². The van der Waals surface area contributed by atoms with E-state index in [4.69, 9.17) is 9.47 Å².